The van der Waals surface area contributed by atoms with Crippen molar-refractivity contribution in [1.29, 1.82) is 0 Å². The van der Waals surface area contributed by atoms with E-state index in [1.807, 2.05) is 5.32 Å². The Kier molecular flexibility index (Phi) is 4.86. The molecule has 0 spiro atoms. The van der Waals surface area contributed by atoms with Crippen molar-refractivity contribution >= 4 is 29.4 Å². The molecule has 128 valence electrons. The van der Waals surface area contributed by atoms with Gasteiger partial charge in [-0.25, -0.2) is 22.9 Å². The second kappa shape index (κ2) is 6.69. The number of benzene rings is 1. The molecule has 1 aromatic carbocycles. The lowest BCUT2D eigenvalue weighted by atomic mass is 10.2. The van der Waals surface area contributed by atoms with Crippen LogP contribution < -0.4 is 5.32 Å². The van der Waals surface area contributed by atoms with Gasteiger partial charge in [-0.3, -0.25) is 19.3 Å². The minimum absolute atomic E-state index is 0.0132. The predicted molar refractivity (Wildman–Crippen MR) is 74.1 cm³/mol. The fourth-order valence-corrected chi connectivity index (χ4v) is 2.07. The molecule has 0 unspecified atom stereocenters. The molecule has 0 aromatic heterocycles. The summed E-state index contributed by atoms with van der Waals surface area (Å²) in [5, 5.41) is 1.91. The first-order valence-corrected chi connectivity index (χ1v) is 6.88. The largest absolute Gasteiger partial charge is 0.334 e. The zero-order valence-corrected chi connectivity index (χ0v) is 12.4. The van der Waals surface area contributed by atoms with Crippen LogP contribution in [0.25, 0.3) is 0 Å². The molecule has 5 amide bonds. The van der Waals surface area contributed by atoms with E-state index < -0.39 is 53.4 Å². The first-order chi connectivity index (χ1) is 11.3. The first-order valence-electron chi connectivity index (χ1n) is 6.88. The highest BCUT2D eigenvalue weighted by Gasteiger charge is 2.44. The lowest BCUT2D eigenvalue weighted by Crippen LogP contribution is -2.39. The predicted octanol–water partition coefficient (Wildman–Crippen LogP) is 1.24. The fraction of sp³-hybridized carbons (Fsp3) is 0.286. The summed E-state index contributed by atoms with van der Waals surface area (Å²) in [5.41, 5.74) is -0.658. The van der Waals surface area contributed by atoms with Gasteiger partial charge in [0.2, 0.25) is 5.91 Å². The molecule has 1 aliphatic rings. The smallest absolute Gasteiger partial charge is 0.322 e. The van der Waals surface area contributed by atoms with E-state index in [0.717, 1.165) is 6.07 Å². The topological polar surface area (TPSA) is 86.8 Å². The van der Waals surface area contributed by atoms with E-state index in [1.165, 1.54) is 0 Å². The van der Waals surface area contributed by atoms with Crippen LogP contribution in [-0.2, 0) is 14.4 Å². The third kappa shape index (κ3) is 3.07. The highest BCUT2D eigenvalue weighted by Crippen LogP contribution is 2.20. The fourth-order valence-electron chi connectivity index (χ4n) is 2.07. The van der Waals surface area contributed by atoms with Crippen molar-refractivity contribution < 1.29 is 32.3 Å². The maximum Gasteiger partial charge on any atom is 0.334 e. The molecule has 0 saturated carbocycles. The number of nitrogens with one attached hydrogen (secondary N) is 1. The molecule has 0 radical (unpaired) electrons. The summed E-state index contributed by atoms with van der Waals surface area (Å²) >= 11 is 0. The third-order valence-electron chi connectivity index (χ3n) is 3.19. The Balaban J connectivity index is 2.10. The van der Waals surface area contributed by atoms with Crippen molar-refractivity contribution in [2.24, 2.45) is 0 Å². The molecular weight excluding hydrogens is 331 g/mol. The lowest BCUT2D eigenvalue weighted by Gasteiger charge is -2.15. The van der Waals surface area contributed by atoms with E-state index >= 15 is 0 Å². The maximum atomic E-state index is 13.5. The van der Waals surface area contributed by atoms with Crippen molar-refractivity contribution in [1.82, 2.24) is 9.80 Å². The van der Waals surface area contributed by atoms with Crippen molar-refractivity contribution in [2.75, 3.05) is 18.4 Å². The minimum atomic E-state index is -1.77. The number of urea groups is 1. The minimum Gasteiger partial charge on any atom is -0.322 e. The number of carbonyl (C=O) groups excluding carboxylic acids is 4. The van der Waals surface area contributed by atoms with E-state index in [-0.39, 0.29) is 6.54 Å². The molecule has 1 aromatic rings. The summed E-state index contributed by atoms with van der Waals surface area (Å²) in [6, 6.07) is 0.424. The first kappa shape index (κ1) is 17.4. The van der Waals surface area contributed by atoms with Gasteiger partial charge in [0, 0.05) is 6.54 Å². The Morgan fingerprint density at radius 1 is 1.04 bits per heavy atom. The SMILES string of the molecule is CCCN1C(=O)C(=O)N(CC(=O)Nc2ccc(F)c(F)c2F)C1=O. The molecular formula is C14H12F3N3O4. The Bertz CT molecular complexity index is 738. The molecule has 0 aliphatic carbocycles. The molecule has 1 N–H and O–H groups in total. The number of amides is 5. The van der Waals surface area contributed by atoms with Gasteiger partial charge in [0.1, 0.15) is 6.54 Å². The number of anilines is 1. The molecule has 1 fully saturated rings. The average Bonchev–Trinajstić information content (AvgIpc) is 2.74. The summed E-state index contributed by atoms with van der Waals surface area (Å²) in [5.74, 6) is -8.12. The standard InChI is InChI=1S/C14H12F3N3O4/c1-2-5-19-12(22)13(23)20(14(19)24)6-9(21)18-8-4-3-7(15)10(16)11(8)17/h3-4H,2,5-6H2,1H3,(H,18,21). The van der Waals surface area contributed by atoms with Crippen LogP contribution in [-0.4, -0.2) is 46.6 Å². The van der Waals surface area contributed by atoms with E-state index in [2.05, 4.69) is 0 Å². The van der Waals surface area contributed by atoms with Crippen molar-refractivity contribution in [2.45, 2.75) is 13.3 Å². The molecule has 1 saturated heterocycles. The van der Waals surface area contributed by atoms with Gasteiger partial charge >= 0.3 is 17.8 Å². The van der Waals surface area contributed by atoms with E-state index in [4.69, 9.17) is 0 Å². The number of nitrogens with zero attached hydrogens (tertiary/aromatic N) is 2. The Morgan fingerprint density at radius 3 is 2.29 bits per heavy atom. The Hall–Kier alpha value is -2.91. The molecule has 7 nitrogen and oxygen atoms in total. The van der Waals surface area contributed by atoms with Crippen LogP contribution in [0, 0.1) is 17.5 Å². The zero-order chi connectivity index (χ0) is 18.0. The van der Waals surface area contributed by atoms with E-state index in [1.54, 1.807) is 6.92 Å². The zero-order valence-electron chi connectivity index (χ0n) is 12.4. The number of imide groups is 2. The van der Waals surface area contributed by atoms with Crippen LogP contribution in [0.4, 0.5) is 23.7 Å². The maximum absolute atomic E-state index is 13.5. The second-order valence-corrected chi connectivity index (χ2v) is 4.90. The summed E-state index contributed by atoms with van der Waals surface area (Å²) in [6.45, 7) is 0.841. The highest BCUT2D eigenvalue weighted by molar-refractivity contribution is 6.45. The van der Waals surface area contributed by atoms with E-state index in [0.29, 0.717) is 22.3 Å². The Labute approximate surface area is 134 Å². The van der Waals surface area contributed by atoms with Crippen LogP contribution >= 0.6 is 0 Å². The normalized spacial score (nSPS) is 14.6. The molecule has 1 heterocycles. The molecule has 2 rings (SSSR count). The number of carbonyl (C=O) groups is 4. The van der Waals surface area contributed by atoms with Gasteiger partial charge in [-0.05, 0) is 18.6 Å². The highest BCUT2D eigenvalue weighted by atomic mass is 19.2. The van der Waals surface area contributed by atoms with Gasteiger partial charge in [-0.2, -0.15) is 0 Å². The summed E-state index contributed by atoms with van der Waals surface area (Å²) in [7, 11) is 0. The van der Waals surface area contributed by atoms with Crippen LogP contribution in [0.5, 0.6) is 0 Å². The molecule has 10 heteroatoms. The molecule has 1 aliphatic heterocycles. The number of halogens is 3. The number of hydrogen-bond acceptors (Lipinski definition) is 4. The van der Waals surface area contributed by atoms with Gasteiger partial charge in [-0.1, -0.05) is 6.92 Å². The van der Waals surface area contributed by atoms with Gasteiger partial charge in [0.15, 0.2) is 17.5 Å². The molecule has 0 bridgehead atoms. The second-order valence-electron chi connectivity index (χ2n) is 4.90. The summed E-state index contributed by atoms with van der Waals surface area (Å²) < 4.78 is 39.4. The summed E-state index contributed by atoms with van der Waals surface area (Å²) in [4.78, 5) is 48.1. The van der Waals surface area contributed by atoms with Crippen LogP contribution in [0.2, 0.25) is 0 Å². The lowest BCUT2D eigenvalue weighted by molar-refractivity contribution is -0.143. The monoisotopic (exact) mass is 343 g/mol. The van der Waals surface area contributed by atoms with Gasteiger partial charge < -0.3 is 5.32 Å². The third-order valence-corrected chi connectivity index (χ3v) is 3.19. The van der Waals surface area contributed by atoms with Crippen molar-refractivity contribution in [3.63, 3.8) is 0 Å². The van der Waals surface area contributed by atoms with Crippen molar-refractivity contribution in [3.8, 4) is 0 Å². The van der Waals surface area contributed by atoms with Gasteiger partial charge in [-0.15, -0.1) is 0 Å². The van der Waals surface area contributed by atoms with Gasteiger partial charge in [0.25, 0.3) is 0 Å². The Morgan fingerprint density at radius 2 is 1.67 bits per heavy atom. The molecule has 24 heavy (non-hydrogen) atoms. The van der Waals surface area contributed by atoms with Crippen LogP contribution in [0.15, 0.2) is 12.1 Å². The number of hydrogen-bond donors (Lipinski definition) is 1. The van der Waals surface area contributed by atoms with Crippen LogP contribution in [0.1, 0.15) is 13.3 Å². The molecule has 0 atom stereocenters. The quantitative estimate of drug-likeness (QED) is 0.495. The van der Waals surface area contributed by atoms with Crippen molar-refractivity contribution in [3.05, 3.63) is 29.6 Å². The van der Waals surface area contributed by atoms with Gasteiger partial charge in [0.05, 0.1) is 5.69 Å². The summed E-state index contributed by atoms with van der Waals surface area (Å²) in [6.07, 6.45) is 0.421. The average molecular weight is 343 g/mol. The number of rotatable bonds is 5. The van der Waals surface area contributed by atoms with Crippen LogP contribution in [0.3, 0.4) is 0 Å². The van der Waals surface area contributed by atoms with E-state index in [9.17, 15) is 32.3 Å².